The van der Waals surface area contributed by atoms with E-state index in [0.717, 1.165) is 18.9 Å². The highest BCUT2D eigenvalue weighted by atomic mass is 19.1. The van der Waals surface area contributed by atoms with Crippen LogP contribution in [-0.4, -0.2) is 48.5 Å². The highest BCUT2D eigenvalue weighted by Gasteiger charge is 2.21. The molecule has 6 nitrogen and oxygen atoms in total. The Labute approximate surface area is 151 Å². The first-order chi connectivity index (χ1) is 12.7. The first-order valence-electron chi connectivity index (χ1n) is 8.54. The molecule has 26 heavy (non-hydrogen) atoms. The number of rotatable bonds is 5. The van der Waals surface area contributed by atoms with Gasteiger partial charge in [0.2, 0.25) is 5.91 Å². The van der Waals surface area contributed by atoms with Gasteiger partial charge in [-0.05, 0) is 30.3 Å². The van der Waals surface area contributed by atoms with Crippen LogP contribution in [-0.2, 0) is 4.79 Å². The topological polar surface area (TPSA) is 72.3 Å². The summed E-state index contributed by atoms with van der Waals surface area (Å²) in [4.78, 5) is 20.7. The van der Waals surface area contributed by atoms with Crippen molar-refractivity contribution >= 4 is 17.4 Å². The third-order valence-electron chi connectivity index (χ3n) is 4.36. The van der Waals surface area contributed by atoms with Gasteiger partial charge in [0.25, 0.3) is 0 Å². The van der Waals surface area contributed by atoms with Gasteiger partial charge in [-0.1, -0.05) is 6.07 Å². The van der Waals surface area contributed by atoms with E-state index in [1.165, 1.54) is 12.1 Å². The summed E-state index contributed by atoms with van der Waals surface area (Å²) >= 11 is 0. The maximum absolute atomic E-state index is 13.8. The van der Waals surface area contributed by atoms with E-state index < -0.39 is 5.82 Å². The van der Waals surface area contributed by atoms with E-state index >= 15 is 0 Å². The maximum Gasteiger partial charge on any atom is 0.224 e. The number of pyridine rings is 1. The van der Waals surface area contributed by atoms with Crippen molar-refractivity contribution in [2.75, 3.05) is 42.9 Å². The highest BCUT2D eigenvalue weighted by molar-refractivity contribution is 5.77. The minimum absolute atomic E-state index is 0.0484. The zero-order valence-corrected chi connectivity index (χ0v) is 14.4. The predicted molar refractivity (Wildman–Crippen MR) is 97.3 cm³/mol. The van der Waals surface area contributed by atoms with Crippen molar-refractivity contribution in [3.63, 3.8) is 0 Å². The van der Waals surface area contributed by atoms with Gasteiger partial charge >= 0.3 is 0 Å². The Balaban J connectivity index is 1.44. The largest absolute Gasteiger partial charge is 0.382 e. The average molecular weight is 353 g/mol. The molecule has 1 aromatic heterocycles. The summed E-state index contributed by atoms with van der Waals surface area (Å²) in [5.74, 6) is 0.491. The highest BCUT2D eigenvalue weighted by Crippen LogP contribution is 2.16. The molecule has 3 rings (SSSR count). The SMILES string of the molecule is N#Cc1ccc(NCCC(=O)N2CCN(c3ccccn3)CC2)c(F)c1. The lowest BCUT2D eigenvalue weighted by molar-refractivity contribution is -0.131. The van der Waals surface area contributed by atoms with E-state index in [9.17, 15) is 9.18 Å². The molecule has 1 amide bonds. The lowest BCUT2D eigenvalue weighted by Gasteiger charge is -2.35. The monoisotopic (exact) mass is 353 g/mol. The average Bonchev–Trinajstić information content (AvgIpc) is 2.70. The number of nitrogens with one attached hydrogen (secondary N) is 1. The van der Waals surface area contributed by atoms with Gasteiger partial charge in [-0.25, -0.2) is 9.37 Å². The van der Waals surface area contributed by atoms with Crippen LogP contribution in [0.15, 0.2) is 42.6 Å². The number of aromatic nitrogens is 1. The smallest absolute Gasteiger partial charge is 0.224 e. The molecule has 0 atom stereocenters. The standard InChI is InChI=1S/C19H20FN5O/c20-16-13-15(14-21)4-5-17(16)22-8-6-19(26)25-11-9-24(10-12-25)18-3-1-2-7-23-18/h1-5,7,13,22H,6,8-12H2. The number of piperazine rings is 1. The number of halogens is 1. The van der Waals surface area contributed by atoms with E-state index in [4.69, 9.17) is 5.26 Å². The van der Waals surface area contributed by atoms with Crippen LogP contribution in [0.4, 0.5) is 15.9 Å². The summed E-state index contributed by atoms with van der Waals surface area (Å²) in [6.45, 7) is 3.16. The Bertz CT molecular complexity index is 797. The minimum Gasteiger partial charge on any atom is -0.382 e. The molecule has 0 radical (unpaired) electrons. The van der Waals surface area contributed by atoms with Crippen LogP contribution in [0.3, 0.4) is 0 Å². The van der Waals surface area contributed by atoms with Gasteiger partial charge in [0.1, 0.15) is 11.6 Å². The second-order valence-electron chi connectivity index (χ2n) is 6.04. The first kappa shape index (κ1) is 17.7. The minimum atomic E-state index is -0.486. The van der Waals surface area contributed by atoms with Gasteiger partial charge in [-0.15, -0.1) is 0 Å². The maximum atomic E-state index is 13.8. The van der Waals surface area contributed by atoms with Crippen LogP contribution >= 0.6 is 0 Å². The number of carbonyl (C=O) groups excluding carboxylic acids is 1. The Morgan fingerprint density at radius 2 is 2.04 bits per heavy atom. The second kappa shape index (κ2) is 8.30. The van der Waals surface area contributed by atoms with Crippen molar-refractivity contribution < 1.29 is 9.18 Å². The summed E-state index contributed by atoms with van der Waals surface area (Å²) in [5.41, 5.74) is 0.576. The van der Waals surface area contributed by atoms with E-state index in [0.29, 0.717) is 31.7 Å². The van der Waals surface area contributed by atoms with Crippen molar-refractivity contribution in [2.45, 2.75) is 6.42 Å². The molecule has 7 heteroatoms. The van der Waals surface area contributed by atoms with Crippen molar-refractivity contribution in [2.24, 2.45) is 0 Å². The number of nitrogens with zero attached hydrogens (tertiary/aromatic N) is 4. The lowest BCUT2D eigenvalue weighted by Crippen LogP contribution is -2.49. The molecule has 0 saturated carbocycles. The molecule has 134 valence electrons. The second-order valence-corrected chi connectivity index (χ2v) is 6.04. The van der Waals surface area contributed by atoms with Crippen molar-refractivity contribution in [3.8, 4) is 6.07 Å². The molecule has 1 N–H and O–H groups in total. The van der Waals surface area contributed by atoms with E-state index in [1.54, 1.807) is 12.3 Å². The Hall–Kier alpha value is -3.14. The summed E-state index contributed by atoms with van der Waals surface area (Å²) in [6.07, 6.45) is 2.06. The van der Waals surface area contributed by atoms with Gasteiger partial charge in [0.15, 0.2) is 0 Å². The molecule has 1 aromatic carbocycles. The van der Waals surface area contributed by atoms with E-state index in [2.05, 4.69) is 15.2 Å². The number of benzene rings is 1. The molecule has 2 aromatic rings. The van der Waals surface area contributed by atoms with Gasteiger partial charge in [0, 0.05) is 45.3 Å². The fourth-order valence-electron chi connectivity index (χ4n) is 2.92. The van der Waals surface area contributed by atoms with Crippen LogP contribution in [0.25, 0.3) is 0 Å². The van der Waals surface area contributed by atoms with Crippen LogP contribution in [0.1, 0.15) is 12.0 Å². The lowest BCUT2D eigenvalue weighted by atomic mass is 10.2. The molecular weight excluding hydrogens is 333 g/mol. The van der Waals surface area contributed by atoms with Crippen molar-refractivity contribution in [1.82, 2.24) is 9.88 Å². The molecule has 2 heterocycles. The van der Waals surface area contributed by atoms with Gasteiger partial charge in [-0.2, -0.15) is 5.26 Å². The van der Waals surface area contributed by atoms with E-state index in [-0.39, 0.29) is 11.5 Å². The number of carbonyl (C=O) groups is 1. The van der Waals surface area contributed by atoms with Crippen molar-refractivity contribution in [3.05, 3.63) is 54.0 Å². The molecule has 1 fully saturated rings. The number of nitriles is 1. The fraction of sp³-hybridized carbons (Fsp3) is 0.316. The third kappa shape index (κ3) is 4.28. The van der Waals surface area contributed by atoms with Crippen molar-refractivity contribution in [1.29, 1.82) is 5.26 Å². The summed E-state index contributed by atoms with van der Waals surface area (Å²) in [6, 6.07) is 11.9. The normalized spacial score (nSPS) is 14.0. The number of anilines is 2. The third-order valence-corrected chi connectivity index (χ3v) is 4.36. The summed E-state index contributed by atoms with van der Waals surface area (Å²) in [5, 5.41) is 11.7. The number of hydrogen-bond donors (Lipinski definition) is 1. The number of hydrogen-bond acceptors (Lipinski definition) is 5. The zero-order chi connectivity index (χ0) is 18.4. The molecular formula is C19H20FN5O. The quantitative estimate of drug-likeness (QED) is 0.893. The van der Waals surface area contributed by atoms with E-state index in [1.807, 2.05) is 29.2 Å². The van der Waals surface area contributed by atoms with Crippen LogP contribution in [0.5, 0.6) is 0 Å². The molecule has 1 aliphatic heterocycles. The Morgan fingerprint density at radius 1 is 1.23 bits per heavy atom. The summed E-state index contributed by atoms with van der Waals surface area (Å²) < 4.78 is 13.8. The Morgan fingerprint density at radius 3 is 2.69 bits per heavy atom. The van der Waals surface area contributed by atoms with Crippen LogP contribution in [0, 0.1) is 17.1 Å². The molecule has 1 saturated heterocycles. The summed E-state index contributed by atoms with van der Waals surface area (Å²) in [7, 11) is 0. The molecule has 1 aliphatic rings. The molecule has 0 bridgehead atoms. The van der Waals surface area contributed by atoms with Crippen LogP contribution < -0.4 is 10.2 Å². The molecule has 0 unspecified atom stereocenters. The Kier molecular flexibility index (Phi) is 5.64. The fourth-order valence-corrected chi connectivity index (χ4v) is 2.92. The zero-order valence-electron chi connectivity index (χ0n) is 14.4. The molecule has 0 spiro atoms. The first-order valence-corrected chi connectivity index (χ1v) is 8.54. The van der Waals surface area contributed by atoms with Gasteiger partial charge < -0.3 is 15.1 Å². The van der Waals surface area contributed by atoms with Gasteiger partial charge in [0.05, 0.1) is 17.3 Å². The van der Waals surface area contributed by atoms with Gasteiger partial charge in [-0.3, -0.25) is 4.79 Å². The molecule has 0 aliphatic carbocycles. The number of amides is 1. The van der Waals surface area contributed by atoms with Crippen LogP contribution in [0.2, 0.25) is 0 Å². The predicted octanol–water partition coefficient (Wildman–Crippen LogP) is 2.24.